The molecular weight excluding hydrogens is 248 g/mol. The van der Waals surface area contributed by atoms with Crippen LogP contribution in [0, 0.1) is 6.92 Å². The summed E-state index contributed by atoms with van der Waals surface area (Å²) in [6.07, 6.45) is 0. The zero-order valence-electron chi connectivity index (χ0n) is 9.83. The van der Waals surface area contributed by atoms with Gasteiger partial charge in [0, 0.05) is 5.56 Å². The van der Waals surface area contributed by atoms with Crippen LogP contribution in [-0.2, 0) is 9.84 Å². The molecule has 0 N–H and O–H groups in total. The third-order valence-corrected chi connectivity index (χ3v) is 4.17. The van der Waals surface area contributed by atoms with Crippen molar-refractivity contribution in [1.29, 1.82) is 0 Å². The lowest BCUT2D eigenvalue weighted by Gasteiger charge is -2.04. The van der Waals surface area contributed by atoms with E-state index in [0.29, 0.717) is 0 Å². The standard InChI is InChI=1S/C14H12O3S/c1-11-6-5-7-12(10-11)14(15)18(16,17)13-8-3-2-4-9-13/h2-10H,1H3. The summed E-state index contributed by atoms with van der Waals surface area (Å²) in [5.41, 5.74) is 1.04. The first-order valence-corrected chi connectivity index (χ1v) is 6.91. The summed E-state index contributed by atoms with van der Waals surface area (Å²) in [7, 11) is -3.95. The first kappa shape index (κ1) is 12.5. The average molecular weight is 260 g/mol. The number of sulfone groups is 1. The maximum Gasteiger partial charge on any atom is 0.281 e. The summed E-state index contributed by atoms with van der Waals surface area (Å²) in [5.74, 6) is 0. The molecular formula is C14H12O3S. The highest BCUT2D eigenvalue weighted by Crippen LogP contribution is 2.16. The van der Waals surface area contributed by atoms with Crippen LogP contribution in [-0.4, -0.2) is 13.5 Å². The van der Waals surface area contributed by atoms with E-state index in [4.69, 9.17) is 0 Å². The van der Waals surface area contributed by atoms with Gasteiger partial charge in [0.25, 0.3) is 5.12 Å². The molecule has 0 saturated carbocycles. The van der Waals surface area contributed by atoms with Gasteiger partial charge in [-0.05, 0) is 25.1 Å². The summed E-state index contributed by atoms with van der Waals surface area (Å²) < 4.78 is 24.2. The Morgan fingerprint density at radius 3 is 2.22 bits per heavy atom. The van der Waals surface area contributed by atoms with Gasteiger partial charge in [-0.2, -0.15) is 0 Å². The third-order valence-electron chi connectivity index (χ3n) is 2.55. The molecule has 0 aromatic heterocycles. The van der Waals surface area contributed by atoms with E-state index in [-0.39, 0.29) is 10.5 Å². The Bertz CT molecular complexity index is 673. The van der Waals surface area contributed by atoms with Crippen LogP contribution in [0.1, 0.15) is 15.9 Å². The van der Waals surface area contributed by atoms with Gasteiger partial charge in [0.15, 0.2) is 0 Å². The molecule has 18 heavy (non-hydrogen) atoms. The largest absolute Gasteiger partial charge is 0.281 e. The van der Waals surface area contributed by atoms with Crippen molar-refractivity contribution >= 4 is 15.0 Å². The predicted molar refractivity (Wildman–Crippen MR) is 69.1 cm³/mol. The quantitative estimate of drug-likeness (QED) is 0.834. The lowest BCUT2D eigenvalue weighted by Crippen LogP contribution is -2.15. The smallest absolute Gasteiger partial charge is 0.276 e. The Labute approximate surface area is 106 Å². The number of hydrogen-bond donors (Lipinski definition) is 0. The molecule has 0 spiro atoms. The number of benzene rings is 2. The minimum Gasteiger partial charge on any atom is -0.276 e. The maximum absolute atomic E-state index is 12.1. The molecule has 4 heteroatoms. The zero-order valence-corrected chi connectivity index (χ0v) is 10.6. The van der Waals surface area contributed by atoms with Crippen molar-refractivity contribution in [1.82, 2.24) is 0 Å². The van der Waals surface area contributed by atoms with Gasteiger partial charge in [0.05, 0.1) is 4.90 Å². The SMILES string of the molecule is Cc1cccc(C(=O)S(=O)(=O)c2ccccc2)c1. The fourth-order valence-electron chi connectivity index (χ4n) is 1.63. The van der Waals surface area contributed by atoms with Crippen molar-refractivity contribution in [3.05, 3.63) is 65.7 Å². The topological polar surface area (TPSA) is 51.2 Å². The monoisotopic (exact) mass is 260 g/mol. The fraction of sp³-hybridized carbons (Fsp3) is 0.0714. The van der Waals surface area contributed by atoms with Crippen molar-refractivity contribution in [3.63, 3.8) is 0 Å². The van der Waals surface area contributed by atoms with Crippen LogP contribution in [0.5, 0.6) is 0 Å². The highest BCUT2D eigenvalue weighted by atomic mass is 32.2. The summed E-state index contributed by atoms with van der Waals surface area (Å²) >= 11 is 0. The second kappa shape index (κ2) is 4.74. The molecule has 0 radical (unpaired) electrons. The molecule has 0 heterocycles. The van der Waals surface area contributed by atoms with Crippen molar-refractivity contribution in [2.24, 2.45) is 0 Å². The summed E-state index contributed by atoms with van der Waals surface area (Å²) in [5, 5.41) is -0.864. The van der Waals surface area contributed by atoms with Crippen LogP contribution in [0.4, 0.5) is 0 Å². The molecule has 0 bridgehead atoms. The normalized spacial score (nSPS) is 11.2. The van der Waals surface area contributed by atoms with Crippen molar-refractivity contribution in [3.8, 4) is 0 Å². The molecule has 0 aliphatic carbocycles. The van der Waals surface area contributed by atoms with Gasteiger partial charge in [-0.1, -0.05) is 42.0 Å². The highest BCUT2D eigenvalue weighted by molar-refractivity contribution is 8.06. The van der Waals surface area contributed by atoms with E-state index in [0.717, 1.165) is 5.56 Å². The Morgan fingerprint density at radius 1 is 0.944 bits per heavy atom. The second-order valence-corrected chi connectivity index (χ2v) is 5.82. The minimum absolute atomic E-state index is 0.0245. The molecule has 3 nitrogen and oxygen atoms in total. The van der Waals surface area contributed by atoms with Gasteiger partial charge in [-0.15, -0.1) is 0 Å². The van der Waals surface area contributed by atoms with Crippen molar-refractivity contribution in [2.45, 2.75) is 11.8 Å². The Hall–Kier alpha value is -1.94. The van der Waals surface area contributed by atoms with Crippen LogP contribution in [0.15, 0.2) is 59.5 Å². The highest BCUT2D eigenvalue weighted by Gasteiger charge is 2.25. The van der Waals surface area contributed by atoms with E-state index < -0.39 is 15.0 Å². The van der Waals surface area contributed by atoms with E-state index in [2.05, 4.69) is 0 Å². The molecule has 0 aliphatic rings. The fourth-order valence-corrected chi connectivity index (χ4v) is 2.80. The number of carbonyl (C=O) groups is 1. The van der Waals surface area contributed by atoms with Crippen LogP contribution >= 0.6 is 0 Å². The molecule has 92 valence electrons. The average Bonchev–Trinajstić information content (AvgIpc) is 2.39. The number of aryl methyl sites for hydroxylation is 1. The lowest BCUT2D eigenvalue weighted by atomic mass is 10.2. The van der Waals surface area contributed by atoms with E-state index in [1.165, 1.54) is 18.2 Å². The van der Waals surface area contributed by atoms with E-state index in [1.54, 1.807) is 30.3 Å². The molecule has 2 rings (SSSR count). The van der Waals surface area contributed by atoms with Gasteiger partial charge >= 0.3 is 0 Å². The van der Waals surface area contributed by atoms with Gasteiger partial charge in [-0.25, -0.2) is 8.42 Å². The predicted octanol–water partition coefficient (Wildman–Crippen LogP) is 2.61. The lowest BCUT2D eigenvalue weighted by molar-refractivity contribution is 0.107. The number of carbonyl (C=O) groups excluding carboxylic acids is 1. The maximum atomic E-state index is 12.1. The third kappa shape index (κ3) is 2.33. The van der Waals surface area contributed by atoms with Crippen LogP contribution in [0.2, 0.25) is 0 Å². The van der Waals surface area contributed by atoms with Crippen molar-refractivity contribution in [2.75, 3.05) is 0 Å². The molecule has 0 amide bonds. The van der Waals surface area contributed by atoms with Gasteiger partial charge in [0.1, 0.15) is 0 Å². The molecule has 2 aromatic rings. The molecule has 0 atom stereocenters. The second-order valence-electron chi connectivity index (χ2n) is 3.97. The van der Waals surface area contributed by atoms with Gasteiger partial charge < -0.3 is 0 Å². The van der Waals surface area contributed by atoms with Crippen LogP contribution in [0.3, 0.4) is 0 Å². The summed E-state index contributed by atoms with van der Waals surface area (Å²) in [6.45, 7) is 1.81. The first-order valence-electron chi connectivity index (χ1n) is 5.43. The van der Waals surface area contributed by atoms with Gasteiger partial charge in [0.2, 0.25) is 9.84 Å². The molecule has 0 unspecified atom stereocenters. The molecule has 0 aliphatic heterocycles. The van der Waals surface area contributed by atoms with Crippen LogP contribution in [0.25, 0.3) is 0 Å². The summed E-state index contributed by atoms with van der Waals surface area (Å²) in [4.78, 5) is 12.1. The van der Waals surface area contributed by atoms with Crippen LogP contribution < -0.4 is 0 Å². The summed E-state index contributed by atoms with van der Waals surface area (Å²) in [6, 6.07) is 14.3. The number of rotatable bonds is 2. The first-order chi connectivity index (χ1) is 8.51. The van der Waals surface area contributed by atoms with Gasteiger partial charge in [-0.3, -0.25) is 4.79 Å². The number of hydrogen-bond acceptors (Lipinski definition) is 3. The van der Waals surface area contributed by atoms with Crippen molar-refractivity contribution < 1.29 is 13.2 Å². The van der Waals surface area contributed by atoms with E-state index >= 15 is 0 Å². The van der Waals surface area contributed by atoms with E-state index in [1.807, 2.05) is 13.0 Å². The minimum atomic E-state index is -3.95. The molecule has 0 saturated heterocycles. The Kier molecular flexibility index (Phi) is 3.30. The Balaban J connectivity index is 2.47. The zero-order chi connectivity index (χ0) is 13.2. The van der Waals surface area contributed by atoms with E-state index in [9.17, 15) is 13.2 Å². The molecule has 2 aromatic carbocycles. The Morgan fingerprint density at radius 2 is 1.61 bits per heavy atom. The molecule has 0 fully saturated rings.